The van der Waals surface area contributed by atoms with Crippen LogP contribution in [0, 0.1) is 5.82 Å². The van der Waals surface area contributed by atoms with Crippen molar-refractivity contribution in [3.8, 4) is 0 Å². The first-order chi connectivity index (χ1) is 5.68. The van der Waals surface area contributed by atoms with E-state index in [0.29, 0.717) is 15.3 Å². The van der Waals surface area contributed by atoms with Crippen molar-refractivity contribution in [1.29, 1.82) is 0 Å². The normalized spacial score (nSPS) is 10.8. The van der Waals surface area contributed by atoms with Crippen LogP contribution in [0.5, 0.6) is 0 Å². The molecule has 0 aliphatic rings. The average Bonchev–Trinajstić information content (AvgIpc) is 2.39. The van der Waals surface area contributed by atoms with Gasteiger partial charge in [0.2, 0.25) is 0 Å². The fourth-order valence-electron chi connectivity index (χ4n) is 0.953. The molecule has 0 fully saturated rings. The maximum Gasteiger partial charge on any atom is 0.181 e. The molecular formula is C7H4ClFN2S. The van der Waals surface area contributed by atoms with E-state index in [-0.39, 0.29) is 5.02 Å². The molecule has 0 atom stereocenters. The van der Waals surface area contributed by atoms with Gasteiger partial charge in [0.15, 0.2) is 10.9 Å². The molecule has 2 aromatic rings. The lowest BCUT2D eigenvalue weighted by Gasteiger charge is -1.91. The SMILES string of the molecule is Nc1nc2ccc(Cl)c(F)c2s1. The Balaban J connectivity index is 2.89. The van der Waals surface area contributed by atoms with Gasteiger partial charge in [-0.05, 0) is 12.1 Å². The third-order valence-electron chi connectivity index (χ3n) is 1.47. The second-order valence-corrected chi connectivity index (χ2v) is 3.70. The van der Waals surface area contributed by atoms with Crippen LogP contribution in [0.2, 0.25) is 5.02 Å². The Bertz CT molecular complexity index is 440. The van der Waals surface area contributed by atoms with Crippen molar-refractivity contribution < 1.29 is 4.39 Å². The number of anilines is 1. The monoisotopic (exact) mass is 202 g/mol. The summed E-state index contributed by atoms with van der Waals surface area (Å²) in [6.45, 7) is 0. The summed E-state index contributed by atoms with van der Waals surface area (Å²) in [5, 5.41) is 0.456. The summed E-state index contributed by atoms with van der Waals surface area (Å²) < 4.78 is 13.6. The van der Waals surface area contributed by atoms with E-state index < -0.39 is 5.82 Å². The molecule has 0 aliphatic carbocycles. The molecule has 0 aliphatic heterocycles. The van der Waals surface area contributed by atoms with Crippen molar-refractivity contribution in [2.75, 3.05) is 5.73 Å². The number of benzene rings is 1. The summed E-state index contributed by atoms with van der Waals surface area (Å²) in [6.07, 6.45) is 0. The van der Waals surface area contributed by atoms with Crippen LogP contribution in [0.25, 0.3) is 10.2 Å². The highest BCUT2D eigenvalue weighted by atomic mass is 35.5. The molecule has 62 valence electrons. The van der Waals surface area contributed by atoms with Crippen LogP contribution in [0.15, 0.2) is 12.1 Å². The van der Waals surface area contributed by atoms with Gasteiger partial charge in [-0.1, -0.05) is 22.9 Å². The van der Waals surface area contributed by atoms with E-state index in [0.717, 1.165) is 11.3 Å². The zero-order valence-electron chi connectivity index (χ0n) is 5.84. The maximum atomic E-state index is 13.2. The number of hydrogen-bond donors (Lipinski definition) is 1. The van der Waals surface area contributed by atoms with Crippen LogP contribution >= 0.6 is 22.9 Å². The number of nitrogens with zero attached hydrogens (tertiary/aromatic N) is 1. The zero-order valence-corrected chi connectivity index (χ0v) is 7.42. The third-order valence-corrected chi connectivity index (χ3v) is 2.65. The lowest BCUT2D eigenvalue weighted by Crippen LogP contribution is -1.79. The Morgan fingerprint density at radius 3 is 3.00 bits per heavy atom. The molecule has 0 saturated heterocycles. The van der Waals surface area contributed by atoms with Gasteiger partial charge < -0.3 is 5.73 Å². The highest BCUT2D eigenvalue weighted by molar-refractivity contribution is 7.22. The fraction of sp³-hybridized carbons (Fsp3) is 0. The molecule has 0 bridgehead atoms. The number of thiazole rings is 1. The summed E-state index contributed by atoms with van der Waals surface area (Å²) in [5.74, 6) is -0.441. The largest absolute Gasteiger partial charge is 0.375 e. The van der Waals surface area contributed by atoms with Crippen LogP contribution in [0.1, 0.15) is 0 Å². The Morgan fingerprint density at radius 1 is 1.50 bits per heavy atom. The van der Waals surface area contributed by atoms with Crippen molar-refractivity contribution in [1.82, 2.24) is 4.98 Å². The molecule has 0 unspecified atom stereocenters. The predicted octanol–water partition coefficient (Wildman–Crippen LogP) is 2.67. The summed E-state index contributed by atoms with van der Waals surface area (Å²) in [7, 11) is 0. The van der Waals surface area contributed by atoms with Gasteiger partial charge in [0.1, 0.15) is 0 Å². The first-order valence-corrected chi connectivity index (χ1v) is 4.38. The second-order valence-electron chi connectivity index (χ2n) is 2.26. The van der Waals surface area contributed by atoms with Gasteiger partial charge in [0.25, 0.3) is 0 Å². The highest BCUT2D eigenvalue weighted by Gasteiger charge is 2.09. The molecule has 2 rings (SSSR count). The number of halogens is 2. The van der Waals surface area contributed by atoms with Gasteiger partial charge >= 0.3 is 0 Å². The molecule has 1 aromatic heterocycles. The number of rotatable bonds is 0. The molecule has 2 N–H and O–H groups in total. The first-order valence-electron chi connectivity index (χ1n) is 3.18. The van der Waals surface area contributed by atoms with Crippen LogP contribution in [-0.4, -0.2) is 4.98 Å². The Kier molecular flexibility index (Phi) is 1.66. The smallest absolute Gasteiger partial charge is 0.181 e. The Morgan fingerprint density at radius 2 is 2.25 bits per heavy atom. The van der Waals surface area contributed by atoms with E-state index in [1.165, 1.54) is 6.07 Å². The molecule has 0 spiro atoms. The standard InChI is InChI=1S/C7H4ClFN2S/c8-3-1-2-4-6(5(3)9)12-7(10)11-4/h1-2H,(H2,10,11). The summed E-state index contributed by atoms with van der Waals surface area (Å²) in [5.41, 5.74) is 5.96. The number of nitrogens with two attached hydrogens (primary N) is 1. The van der Waals surface area contributed by atoms with Crippen molar-refractivity contribution in [2.45, 2.75) is 0 Å². The summed E-state index contributed by atoms with van der Waals surface area (Å²) in [4.78, 5) is 3.91. The summed E-state index contributed by atoms with van der Waals surface area (Å²) >= 11 is 6.66. The maximum absolute atomic E-state index is 13.2. The van der Waals surface area contributed by atoms with Gasteiger partial charge in [0, 0.05) is 0 Å². The lowest BCUT2D eigenvalue weighted by atomic mass is 10.3. The minimum atomic E-state index is -0.441. The van der Waals surface area contributed by atoms with Gasteiger partial charge in [-0.3, -0.25) is 0 Å². The quantitative estimate of drug-likeness (QED) is 0.714. The fourth-order valence-corrected chi connectivity index (χ4v) is 1.94. The molecular weight excluding hydrogens is 199 g/mol. The van der Waals surface area contributed by atoms with E-state index in [4.69, 9.17) is 17.3 Å². The molecule has 5 heteroatoms. The molecule has 0 amide bonds. The number of hydrogen-bond acceptors (Lipinski definition) is 3. The molecule has 1 aromatic carbocycles. The van der Waals surface area contributed by atoms with Crippen molar-refractivity contribution >= 4 is 38.3 Å². The Labute approximate surface area is 76.8 Å². The summed E-state index contributed by atoms with van der Waals surface area (Å²) in [6, 6.07) is 3.12. The van der Waals surface area contributed by atoms with Gasteiger partial charge in [-0.2, -0.15) is 0 Å². The van der Waals surface area contributed by atoms with Crippen LogP contribution in [0.4, 0.5) is 9.52 Å². The second kappa shape index (κ2) is 2.57. The zero-order chi connectivity index (χ0) is 8.72. The van der Waals surface area contributed by atoms with Crippen molar-refractivity contribution in [2.24, 2.45) is 0 Å². The van der Waals surface area contributed by atoms with Crippen LogP contribution in [-0.2, 0) is 0 Å². The van der Waals surface area contributed by atoms with Crippen molar-refractivity contribution in [3.05, 3.63) is 23.0 Å². The van der Waals surface area contributed by atoms with Crippen LogP contribution in [0.3, 0.4) is 0 Å². The molecule has 1 heterocycles. The van der Waals surface area contributed by atoms with E-state index >= 15 is 0 Å². The topological polar surface area (TPSA) is 38.9 Å². The van der Waals surface area contributed by atoms with E-state index in [1.54, 1.807) is 6.07 Å². The molecule has 0 saturated carbocycles. The van der Waals surface area contributed by atoms with E-state index in [2.05, 4.69) is 4.98 Å². The van der Waals surface area contributed by atoms with E-state index in [9.17, 15) is 4.39 Å². The minimum Gasteiger partial charge on any atom is -0.375 e. The Hall–Kier alpha value is -0.870. The minimum absolute atomic E-state index is 0.103. The molecule has 0 radical (unpaired) electrons. The van der Waals surface area contributed by atoms with Gasteiger partial charge in [-0.25, -0.2) is 9.37 Å². The van der Waals surface area contributed by atoms with Gasteiger partial charge in [-0.15, -0.1) is 0 Å². The molecule has 2 nitrogen and oxygen atoms in total. The number of fused-ring (bicyclic) bond motifs is 1. The van der Waals surface area contributed by atoms with Gasteiger partial charge in [0.05, 0.1) is 15.2 Å². The highest BCUT2D eigenvalue weighted by Crippen LogP contribution is 2.30. The third kappa shape index (κ3) is 1.04. The first kappa shape index (κ1) is 7.76. The number of aromatic nitrogens is 1. The van der Waals surface area contributed by atoms with Crippen molar-refractivity contribution in [3.63, 3.8) is 0 Å². The van der Waals surface area contributed by atoms with Crippen LogP contribution < -0.4 is 5.73 Å². The molecule has 12 heavy (non-hydrogen) atoms. The lowest BCUT2D eigenvalue weighted by molar-refractivity contribution is 0.642. The predicted molar refractivity (Wildman–Crippen MR) is 49.0 cm³/mol. The number of nitrogen functional groups attached to an aromatic ring is 1. The van der Waals surface area contributed by atoms with E-state index in [1.807, 2.05) is 0 Å². The average molecular weight is 203 g/mol.